The number of fused-ring (bicyclic) bond motifs is 1. The van der Waals surface area contributed by atoms with Crippen LogP contribution in [-0.4, -0.2) is 62.9 Å². The lowest BCUT2D eigenvalue weighted by Crippen LogP contribution is -2.39. The summed E-state index contributed by atoms with van der Waals surface area (Å²) in [6.07, 6.45) is 3.41. The van der Waals surface area contributed by atoms with Crippen LogP contribution in [0.1, 0.15) is 19.4 Å². The van der Waals surface area contributed by atoms with Gasteiger partial charge < -0.3 is 4.90 Å². The highest BCUT2D eigenvalue weighted by Gasteiger charge is 2.21. The molecule has 0 saturated carbocycles. The molecule has 2 aromatic carbocycles. The summed E-state index contributed by atoms with van der Waals surface area (Å²) in [5.74, 6) is -0.0478. The molecular weight excluding hydrogens is 498 g/mol. The highest BCUT2D eigenvalue weighted by molar-refractivity contribution is 7.98. The van der Waals surface area contributed by atoms with Crippen LogP contribution in [0.2, 0.25) is 0 Å². The Kier molecular flexibility index (Phi) is 10.2. The predicted octanol–water partition coefficient (Wildman–Crippen LogP) is 4.76. The topological polar surface area (TPSA) is 70.6 Å². The average Bonchev–Trinajstić information content (AvgIpc) is 3.19. The Labute approximate surface area is 210 Å². The van der Waals surface area contributed by atoms with Crippen LogP contribution in [0.3, 0.4) is 0 Å². The molecule has 0 N–H and O–H groups in total. The van der Waals surface area contributed by atoms with E-state index in [2.05, 4.69) is 24.8 Å². The minimum Gasteiger partial charge on any atom is -0.302 e. The van der Waals surface area contributed by atoms with Crippen molar-refractivity contribution in [1.82, 2.24) is 9.88 Å². The van der Waals surface area contributed by atoms with Gasteiger partial charge in [0, 0.05) is 24.2 Å². The van der Waals surface area contributed by atoms with Crippen LogP contribution in [0.25, 0.3) is 10.2 Å². The van der Waals surface area contributed by atoms with E-state index in [9.17, 15) is 13.2 Å². The van der Waals surface area contributed by atoms with Gasteiger partial charge in [-0.15, -0.1) is 24.2 Å². The number of halogens is 1. The van der Waals surface area contributed by atoms with Gasteiger partial charge in [0.1, 0.15) is 0 Å². The number of nitrogens with zero attached hydrogens (tertiary/aromatic N) is 3. The lowest BCUT2D eigenvalue weighted by molar-refractivity contribution is -0.118. The number of aromatic nitrogens is 1. The second kappa shape index (κ2) is 12.2. The largest absolute Gasteiger partial charge is 0.302 e. The third kappa shape index (κ3) is 7.16. The van der Waals surface area contributed by atoms with E-state index in [1.165, 1.54) is 22.5 Å². The van der Waals surface area contributed by atoms with Crippen LogP contribution in [0.4, 0.5) is 5.13 Å². The monoisotopic (exact) mass is 527 g/mol. The van der Waals surface area contributed by atoms with Crippen molar-refractivity contribution in [1.29, 1.82) is 0 Å². The van der Waals surface area contributed by atoms with Gasteiger partial charge in [0.15, 0.2) is 15.0 Å². The fourth-order valence-electron chi connectivity index (χ4n) is 3.37. The summed E-state index contributed by atoms with van der Waals surface area (Å²) in [7, 11) is -3.26. The third-order valence-electron chi connectivity index (χ3n) is 5.36. The van der Waals surface area contributed by atoms with Crippen molar-refractivity contribution in [2.75, 3.05) is 43.6 Å². The normalized spacial score (nSPS) is 11.5. The molecule has 180 valence electrons. The number of carbonyl (C=O) groups excluding carboxylic acids is 1. The molecule has 1 aromatic heterocycles. The molecule has 0 spiro atoms. The van der Waals surface area contributed by atoms with Crippen molar-refractivity contribution in [3.8, 4) is 0 Å². The van der Waals surface area contributed by atoms with E-state index in [0.29, 0.717) is 11.7 Å². The molecule has 6 nitrogen and oxygen atoms in total. The zero-order valence-electron chi connectivity index (χ0n) is 19.3. The first kappa shape index (κ1) is 27.6. The maximum absolute atomic E-state index is 13.3. The number of hydrogen-bond acceptors (Lipinski definition) is 7. The van der Waals surface area contributed by atoms with Crippen LogP contribution in [-0.2, 0) is 21.1 Å². The first-order valence-corrected chi connectivity index (χ1v) is 14.4. The van der Waals surface area contributed by atoms with Gasteiger partial charge in [-0.3, -0.25) is 9.69 Å². The second-order valence-electron chi connectivity index (χ2n) is 7.50. The zero-order chi connectivity index (χ0) is 23.3. The van der Waals surface area contributed by atoms with Crippen LogP contribution < -0.4 is 4.90 Å². The van der Waals surface area contributed by atoms with E-state index in [4.69, 9.17) is 4.98 Å². The number of benzene rings is 2. The van der Waals surface area contributed by atoms with E-state index in [0.717, 1.165) is 35.4 Å². The molecule has 0 unspecified atom stereocenters. The lowest BCUT2D eigenvalue weighted by atomic mass is 10.1. The number of carbonyl (C=O) groups is 1. The quantitative estimate of drug-likeness (QED) is 0.354. The standard InChI is InChI=1S/C23H29N3O3S3.ClH/c1-5-25(6-2)13-14-26(23-24-20-12-9-18(30-3)16-21(20)31-23)22(27)15-17-7-10-19(11-8-17)32(4,28)29;/h7-12,16H,5-6,13-15H2,1-4H3;1H. The molecule has 33 heavy (non-hydrogen) atoms. The van der Waals surface area contributed by atoms with Crippen molar-refractivity contribution in [3.05, 3.63) is 48.0 Å². The Balaban J connectivity index is 0.00000385. The van der Waals surface area contributed by atoms with Crippen LogP contribution in [0.5, 0.6) is 0 Å². The van der Waals surface area contributed by atoms with Crippen molar-refractivity contribution in [2.24, 2.45) is 0 Å². The molecule has 0 aliphatic rings. The van der Waals surface area contributed by atoms with E-state index in [1.807, 2.05) is 18.4 Å². The highest BCUT2D eigenvalue weighted by atomic mass is 35.5. The third-order valence-corrected chi connectivity index (χ3v) is 8.25. The molecule has 0 radical (unpaired) electrons. The zero-order valence-corrected chi connectivity index (χ0v) is 22.5. The predicted molar refractivity (Wildman–Crippen MR) is 142 cm³/mol. The molecule has 0 bridgehead atoms. The minimum atomic E-state index is -3.26. The number of thioether (sulfide) groups is 1. The number of sulfone groups is 1. The van der Waals surface area contributed by atoms with Gasteiger partial charge in [0.25, 0.3) is 0 Å². The maximum atomic E-state index is 13.3. The molecule has 3 aromatic rings. The highest BCUT2D eigenvalue weighted by Crippen LogP contribution is 2.32. The number of rotatable bonds is 10. The van der Waals surface area contributed by atoms with Gasteiger partial charge >= 0.3 is 0 Å². The van der Waals surface area contributed by atoms with E-state index < -0.39 is 9.84 Å². The molecular formula is C23H30ClN3O3S3. The summed E-state index contributed by atoms with van der Waals surface area (Å²) in [6, 6.07) is 12.7. The number of anilines is 1. The molecule has 0 atom stereocenters. The fourth-order valence-corrected chi connectivity index (χ4v) is 5.56. The molecule has 1 heterocycles. The van der Waals surface area contributed by atoms with Crippen LogP contribution in [0.15, 0.2) is 52.3 Å². The summed E-state index contributed by atoms with van der Waals surface area (Å²) in [6.45, 7) is 7.38. The Bertz CT molecular complexity index is 1180. The Morgan fingerprint density at radius 2 is 1.73 bits per heavy atom. The second-order valence-corrected chi connectivity index (χ2v) is 11.4. The molecule has 10 heteroatoms. The minimum absolute atomic E-state index is 0. The van der Waals surface area contributed by atoms with Crippen molar-refractivity contribution in [2.45, 2.75) is 30.1 Å². The van der Waals surface area contributed by atoms with Gasteiger partial charge in [0.05, 0.1) is 21.5 Å². The van der Waals surface area contributed by atoms with Gasteiger partial charge in [-0.05, 0) is 55.2 Å². The average molecular weight is 528 g/mol. The van der Waals surface area contributed by atoms with Crippen molar-refractivity contribution >= 4 is 66.6 Å². The summed E-state index contributed by atoms with van der Waals surface area (Å²) >= 11 is 3.21. The number of likely N-dealkylation sites (N-methyl/N-ethyl adjacent to an activating group) is 1. The molecule has 0 aliphatic carbocycles. The first-order chi connectivity index (χ1) is 15.2. The van der Waals surface area contributed by atoms with E-state index >= 15 is 0 Å². The summed E-state index contributed by atoms with van der Waals surface area (Å²) in [5, 5.41) is 0.697. The van der Waals surface area contributed by atoms with Crippen LogP contribution >= 0.6 is 35.5 Å². The number of hydrogen-bond donors (Lipinski definition) is 0. The van der Waals surface area contributed by atoms with Crippen LogP contribution in [0, 0.1) is 0 Å². The molecule has 0 fully saturated rings. The van der Waals surface area contributed by atoms with Gasteiger partial charge in [0.2, 0.25) is 5.91 Å². The SMILES string of the molecule is CCN(CC)CCN(C(=O)Cc1ccc(S(C)(=O)=O)cc1)c1nc2ccc(SC)cc2s1.Cl. The van der Waals surface area contributed by atoms with Gasteiger partial charge in [-0.25, -0.2) is 13.4 Å². The fraction of sp³-hybridized carbons (Fsp3) is 0.391. The molecule has 3 rings (SSSR count). The van der Waals surface area contributed by atoms with E-state index in [1.54, 1.807) is 40.9 Å². The van der Waals surface area contributed by atoms with E-state index in [-0.39, 0.29) is 29.6 Å². The summed E-state index contributed by atoms with van der Waals surface area (Å²) in [5.41, 5.74) is 1.67. The first-order valence-electron chi connectivity index (χ1n) is 10.5. The summed E-state index contributed by atoms with van der Waals surface area (Å²) < 4.78 is 24.5. The van der Waals surface area contributed by atoms with Gasteiger partial charge in [-0.2, -0.15) is 0 Å². The molecule has 0 aliphatic heterocycles. The molecule has 0 saturated heterocycles. The Morgan fingerprint density at radius 3 is 2.30 bits per heavy atom. The number of amides is 1. The maximum Gasteiger partial charge on any atom is 0.233 e. The lowest BCUT2D eigenvalue weighted by Gasteiger charge is -2.24. The summed E-state index contributed by atoms with van der Waals surface area (Å²) in [4.78, 5) is 23.5. The van der Waals surface area contributed by atoms with Crippen molar-refractivity contribution < 1.29 is 13.2 Å². The number of thiazole rings is 1. The van der Waals surface area contributed by atoms with Gasteiger partial charge in [-0.1, -0.05) is 37.3 Å². The Morgan fingerprint density at radius 1 is 1.06 bits per heavy atom. The van der Waals surface area contributed by atoms with Crippen molar-refractivity contribution in [3.63, 3.8) is 0 Å². The smallest absolute Gasteiger partial charge is 0.233 e. The Hall–Kier alpha value is -1.65. The molecule has 1 amide bonds.